The summed E-state index contributed by atoms with van der Waals surface area (Å²) in [4.78, 5) is 7.24. The average Bonchev–Trinajstić information content (AvgIpc) is 3.33. The van der Waals surface area contributed by atoms with E-state index in [0.717, 1.165) is 36.5 Å². The number of aryl methyl sites for hydroxylation is 1. The second-order valence-corrected chi connectivity index (χ2v) is 7.33. The van der Waals surface area contributed by atoms with Crippen molar-refractivity contribution < 1.29 is 9.15 Å². The van der Waals surface area contributed by atoms with Crippen molar-refractivity contribution in [2.45, 2.75) is 38.8 Å². The highest BCUT2D eigenvalue weighted by Crippen LogP contribution is 2.26. The van der Waals surface area contributed by atoms with Gasteiger partial charge in [-0.05, 0) is 62.6 Å². The van der Waals surface area contributed by atoms with Crippen molar-refractivity contribution in [3.8, 4) is 17.2 Å². The van der Waals surface area contributed by atoms with Crippen LogP contribution in [0.15, 0.2) is 59.2 Å². The van der Waals surface area contributed by atoms with Crippen LogP contribution >= 0.6 is 0 Å². The predicted octanol–water partition coefficient (Wildman–Crippen LogP) is 4.87. The van der Waals surface area contributed by atoms with Gasteiger partial charge in [0.15, 0.2) is 0 Å². The first kappa shape index (κ1) is 17.8. The molecule has 1 aliphatic heterocycles. The standard InChI is InChI=1S/C23H26N2O2/c1-17-8-10-19(11-9-17)23-24-20(16-27-23)15-25-12-4-6-21(25)13-18-5-3-7-22(14-18)26-2/h3,5,7-11,14,16,21H,4,6,12-13,15H2,1-2H3. The van der Waals surface area contributed by atoms with Gasteiger partial charge in [0.2, 0.25) is 5.89 Å². The fourth-order valence-corrected chi connectivity index (χ4v) is 3.82. The summed E-state index contributed by atoms with van der Waals surface area (Å²) in [6.45, 7) is 4.03. The van der Waals surface area contributed by atoms with E-state index in [-0.39, 0.29) is 0 Å². The molecule has 1 fully saturated rings. The number of methoxy groups -OCH3 is 1. The van der Waals surface area contributed by atoms with Gasteiger partial charge in [-0.1, -0.05) is 29.8 Å². The van der Waals surface area contributed by atoms with Gasteiger partial charge in [-0.15, -0.1) is 0 Å². The molecule has 4 heteroatoms. The van der Waals surface area contributed by atoms with Crippen LogP contribution in [0.2, 0.25) is 0 Å². The van der Waals surface area contributed by atoms with Crippen molar-refractivity contribution in [3.05, 3.63) is 71.6 Å². The molecule has 0 amide bonds. The minimum absolute atomic E-state index is 0.539. The number of hydrogen-bond acceptors (Lipinski definition) is 4. The summed E-state index contributed by atoms with van der Waals surface area (Å²) < 4.78 is 11.1. The Balaban J connectivity index is 1.43. The van der Waals surface area contributed by atoms with E-state index in [0.29, 0.717) is 11.9 Å². The molecule has 4 rings (SSSR count). The molecule has 0 N–H and O–H groups in total. The van der Waals surface area contributed by atoms with Gasteiger partial charge in [0.25, 0.3) is 0 Å². The second-order valence-electron chi connectivity index (χ2n) is 7.33. The normalized spacial score (nSPS) is 17.3. The Labute approximate surface area is 160 Å². The van der Waals surface area contributed by atoms with Crippen LogP contribution in [-0.4, -0.2) is 29.6 Å². The van der Waals surface area contributed by atoms with Gasteiger partial charge >= 0.3 is 0 Å². The smallest absolute Gasteiger partial charge is 0.226 e. The monoisotopic (exact) mass is 362 g/mol. The highest BCUT2D eigenvalue weighted by molar-refractivity contribution is 5.53. The van der Waals surface area contributed by atoms with Gasteiger partial charge in [0.1, 0.15) is 12.0 Å². The molecule has 1 unspecified atom stereocenters. The zero-order valence-corrected chi connectivity index (χ0v) is 16.0. The fraction of sp³-hybridized carbons (Fsp3) is 0.348. The first-order chi connectivity index (χ1) is 13.2. The Kier molecular flexibility index (Phi) is 5.26. The number of rotatable bonds is 6. The third kappa shape index (κ3) is 4.22. The zero-order valence-electron chi connectivity index (χ0n) is 16.0. The van der Waals surface area contributed by atoms with Gasteiger partial charge in [-0.2, -0.15) is 0 Å². The van der Waals surface area contributed by atoms with Gasteiger partial charge in [0.05, 0.1) is 12.8 Å². The largest absolute Gasteiger partial charge is 0.497 e. The van der Waals surface area contributed by atoms with E-state index >= 15 is 0 Å². The highest BCUT2D eigenvalue weighted by Gasteiger charge is 2.25. The number of oxazole rings is 1. The zero-order chi connectivity index (χ0) is 18.6. The molecule has 0 bridgehead atoms. The van der Waals surface area contributed by atoms with Gasteiger partial charge in [0, 0.05) is 18.2 Å². The summed E-state index contributed by atoms with van der Waals surface area (Å²) >= 11 is 0. The number of hydrogen-bond donors (Lipinski definition) is 0. The maximum Gasteiger partial charge on any atom is 0.226 e. The Morgan fingerprint density at radius 1 is 1.19 bits per heavy atom. The van der Waals surface area contributed by atoms with E-state index in [1.807, 2.05) is 6.07 Å². The third-order valence-electron chi connectivity index (χ3n) is 5.32. The van der Waals surface area contributed by atoms with Crippen LogP contribution in [0.25, 0.3) is 11.5 Å². The van der Waals surface area contributed by atoms with Crippen molar-refractivity contribution in [2.24, 2.45) is 0 Å². The summed E-state index contributed by atoms with van der Waals surface area (Å²) in [5, 5.41) is 0. The SMILES string of the molecule is COc1cccc(CC2CCCN2Cc2coc(-c3ccc(C)cc3)n2)c1. The van der Waals surface area contributed by atoms with Crippen LogP contribution in [0.5, 0.6) is 5.75 Å². The number of likely N-dealkylation sites (tertiary alicyclic amines) is 1. The van der Waals surface area contributed by atoms with Crippen LogP contribution in [0, 0.1) is 6.92 Å². The van der Waals surface area contributed by atoms with E-state index in [2.05, 4.69) is 54.3 Å². The molecular formula is C23H26N2O2. The lowest BCUT2D eigenvalue weighted by Crippen LogP contribution is -2.30. The first-order valence-electron chi connectivity index (χ1n) is 9.60. The molecule has 0 spiro atoms. The molecule has 1 aliphatic rings. The number of ether oxygens (including phenoxy) is 1. The molecule has 27 heavy (non-hydrogen) atoms. The first-order valence-corrected chi connectivity index (χ1v) is 9.60. The summed E-state index contributed by atoms with van der Waals surface area (Å²) in [5.41, 5.74) is 4.60. The number of nitrogens with zero attached hydrogens (tertiary/aromatic N) is 2. The molecule has 1 saturated heterocycles. The highest BCUT2D eigenvalue weighted by atomic mass is 16.5. The van der Waals surface area contributed by atoms with Crippen molar-refractivity contribution in [2.75, 3.05) is 13.7 Å². The summed E-state index contributed by atoms with van der Waals surface area (Å²) in [5.74, 6) is 1.63. The Hall–Kier alpha value is -2.59. The van der Waals surface area contributed by atoms with Crippen molar-refractivity contribution in [3.63, 3.8) is 0 Å². The molecule has 140 valence electrons. The second kappa shape index (κ2) is 7.97. The summed E-state index contributed by atoms with van der Waals surface area (Å²) in [6.07, 6.45) is 5.30. The Bertz CT molecular complexity index is 885. The Morgan fingerprint density at radius 3 is 2.85 bits per heavy atom. The van der Waals surface area contributed by atoms with Crippen LogP contribution in [0.4, 0.5) is 0 Å². The minimum atomic E-state index is 0.539. The van der Waals surface area contributed by atoms with Crippen molar-refractivity contribution in [1.82, 2.24) is 9.88 Å². The van der Waals surface area contributed by atoms with E-state index in [1.165, 1.54) is 24.0 Å². The molecule has 0 saturated carbocycles. The topological polar surface area (TPSA) is 38.5 Å². The third-order valence-corrected chi connectivity index (χ3v) is 5.32. The molecule has 1 atom stereocenters. The van der Waals surface area contributed by atoms with Crippen LogP contribution in [-0.2, 0) is 13.0 Å². The minimum Gasteiger partial charge on any atom is -0.497 e. The van der Waals surface area contributed by atoms with Gasteiger partial charge in [-0.3, -0.25) is 4.90 Å². The van der Waals surface area contributed by atoms with Crippen molar-refractivity contribution >= 4 is 0 Å². The van der Waals surface area contributed by atoms with E-state index in [4.69, 9.17) is 14.1 Å². The molecule has 1 aromatic heterocycles. The summed E-state index contributed by atoms with van der Waals surface area (Å²) in [7, 11) is 1.72. The molecule has 0 radical (unpaired) electrons. The van der Waals surface area contributed by atoms with E-state index in [9.17, 15) is 0 Å². The van der Waals surface area contributed by atoms with E-state index in [1.54, 1.807) is 13.4 Å². The quantitative estimate of drug-likeness (QED) is 0.627. The predicted molar refractivity (Wildman–Crippen MR) is 107 cm³/mol. The van der Waals surface area contributed by atoms with Crippen LogP contribution in [0.3, 0.4) is 0 Å². The molecule has 3 aromatic rings. The lowest BCUT2D eigenvalue weighted by atomic mass is 10.0. The molecule has 2 aromatic carbocycles. The number of benzene rings is 2. The van der Waals surface area contributed by atoms with E-state index < -0.39 is 0 Å². The Morgan fingerprint density at radius 2 is 2.04 bits per heavy atom. The maximum atomic E-state index is 5.73. The van der Waals surface area contributed by atoms with Crippen LogP contribution < -0.4 is 4.74 Å². The molecule has 2 heterocycles. The fourth-order valence-electron chi connectivity index (χ4n) is 3.82. The lowest BCUT2D eigenvalue weighted by molar-refractivity contribution is 0.241. The maximum absolute atomic E-state index is 5.73. The average molecular weight is 362 g/mol. The molecule has 0 aliphatic carbocycles. The van der Waals surface area contributed by atoms with Gasteiger partial charge in [-0.25, -0.2) is 4.98 Å². The summed E-state index contributed by atoms with van der Waals surface area (Å²) in [6, 6.07) is 17.2. The molecular weight excluding hydrogens is 336 g/mol. The number of aromatic nitrogens is 1. The van der Waals surface area contributed by atoms with Crippen molar-refractivity contribution in [1.29, 1.82) is 0 Å². The van der Waals surface area contributed by atoms with Crippen LogP contribution in [0.1, 0.15) is 29.7 Å². The molecule has 4 nitrogen and oxygen atoms in total. The van der Waals surface area contributed by atoms with Gasteiger partial charge < -0.3 is 9.15 Å². The lowest BCUT2D eigenvalue weighted by Gasteiger charge is -2.23.